The third-order valence-electron chi connectivity index (χ3n) is 5.15. The summed E-state index contributed by atoms with van der Waals surface area (Å²) in [6, 6.07) is 12.7. The molecular formula is C22H22O4. The number of hydrogen-bond acceptors (Lipinski definition) is 4. The zero-order valence-corrected chi connectivity index (χ0v) is 15.5. The van der Waals surface area contributed by atoms with Crippen LogP contribution in [0.25, 0.3) is 21.9 Å². The van der Waals surface area contributed by atoms with Crippen molar-refractivity contribution in [2.45, 2.75) is 12.8 Å². The van der Waals surface area contributed by atoms with E-state index in [9.17, 15) is 0 Å². The molecule has 1 aliphatic rings. The van der Waals surface area contributed by atoms with Crippen LogP contribution in [0.1, 0.15) is 11.1 Å². The summed E-state index contributed by atoms with van der Waals surface area (Å²) in [6.07, 6.45) is 1.95. The van der Waals surface area contributed by atoms with Gasteiger partial charge in [0.05, 0.1) is 28.4 Å². The standard InChI is InChI=1S/C22H22O4/c1-23-19-8-7-14-9-16-13(10-18(14)22(19)26-4)5-6-15-11-20(24-2)21(25-3)12-17(15)16/h7-12H,5-6H2,1-4H3. The van der Waals surface area contributed by atoms with Gasteiger partial charge in [-0.2, -0.15) is 0 Å². The lowest BCUT2D eigenvalue weighted by atomic mass is 9.83. The first-order chi connectivity index (χ1) is 12.7. The molecule has 0 bridgehead atoms. The lowest BCUT2D eigenvalue weighted by molar-refractivity contribution is 0.354. The zero-order valence-electron chi connectivity index (χ0n) is 15.5. The SMILES string of the molecule is COc1cc2c(cc1OC)-c1cc3ccc(OC)c(OC)c3cc1CC2. The summed E-state index contributed by atoms with van der Waals surface area (Å²) in [5, 5.41) is 2.21. The molecule has 0 saturated carbocycles. The minimum Gasteiger partial charge on any atom is -0.493 e. The molecule has 134 valence electrons. The Morgan fingerprint density at radius 2 is 1.23 bits per heavy atom. The maximum atomic E-state index is 5.62. The van der Waals surface area contributed by atoms with E-state index in [1.54, 1.807) is 28.4 Å². The van der Waals surface area contributed by atoms with Crippen molar-refractivity contribution in [3.63, 3.8) is 0 Å². The van der Waals surface area contributed by atoms with E-state index in [0.717, 1.165) is 46.6 Å². The molecule has 0 heterocycles. The second-order valence-electron chi connectivity index (χ2n) is 6.40. The van der Waals surface area contributed by atoms with Gasteiger partial charge in [0.25, 0.3) is 0 Å². The number of aryl methyl sites for hydroxylation is 2. The number of hydrogen-bond donors (Lipinski definition) is 0. The quantitative estimate of drug-likeness (QED) is 0.687. The van der Waals surface area contributed by atoms with Gasteiger partial charge in [0.1, 0.15) is 0 Å². The van der Waals surface area contributed by atoms with Crippen molar-refractivity contribution in [3.8, 4) is 34.1 Å². The normalized spacial score (nSPS) is 12.3. The predicted molar refractivity (Wildman–Crippen MR) is 103 cm³/mol. The fourth-order valence-electron chi connectivity index (χ4n) is 3.85. The van der Waals surface area contributed by atoms with Gasteiger partial charge in [-0.3, -0.25) is 0 Å². The monoisotopic (exact) mass is 350 g/mol. The van der Waals surface area contributed by atoms with Crippen molar-refractivity contribution in [1.29, 1.82) is 0 Å². The van der Waals surface area contributed by atoms with Crippen molar-refractivity contribution < 1.29 is 18.9 Å². The van der Waals surface area contributed by atoms with Crippen molar-refractivity contribution in [2.75, 3.05) is 28.4 Å². The summed E-state index contributed by atoms with van der Waals surface area (Å²) in [5.41, 5.74) is 5.05. The fraction of sp³-hybridized carbons (Fsp3) is 0.273. The topological polar surface area (TPSA) is 36.9 Å². The van der Waals surface area contributed by atoms with Crippen molar-refractivity contribution in [2.24, 2.45) is 0 Å². The molecule has 0 atom stereocenters. The molecule has 3 aromatic carbocycles. The molecule has 0 amide bonds. The van der Waals surface area contributed by atoms with Crippen LogP contribution in [0.3, 0.4) is 0 Å². The highest BCUT2D eigenvalue weighted by molar-refractivity contribution is 5.96. The summed E-state index contributed by atoms with van der Waals surface area (Å²) in [4.78, 5) is 0. The van der Waals surface area contributed by atoms with E-state index in [2.05, 4.69) is 30.3 Å². The third kappa shape index (κ3) is 2.45. The van der Waals surface area contributed by atoms with Crippen molar-refractivity contribution >= 4 is 10.8 Å². The first-order valence-electron chi connectivity index (χ1n) is 8.63. The molecule has 0 aliphatic heterocycles. The first kappa shape index (κ1) is 16.6. The van der Waals surface area contributed by atoms with Gasteiger partial charge in [-0.25, -0.2) is 0 Å². The Morgan fingerprint density at radius 1 is 0.615 bits per heavy atom. The molecule has 0 fully saturated rings. The minimum atomic E-state index is 0.752. The Morgan fingerprint density at radius 3 is 1.88 bits per heavy atom. The number of rotatable bonds is 4. The molecule has 0 unspecified atom stereocenters. The maximum absolute atomic E-state index is 5.62. The van der Waals surface area contributed by atoms with E-state index in [0.29, 0.717) is 0 Å². The molecule has 4 nitrogen and oxygen atoms in total. The number of benzene rings is 3. The summed E-state index contributed by atoms with van der Waals surface area (Å²) in [6.45, 7) is 0. The highest BCUT2D eigenvalue weighted by Gasteiger charge is 2.21. The van der Waals surface area contributed by atoms with Crippen LogP contribution in [-0.2, 0) is 12.8 Å². The Kier molecular flexibility index (Phi) is 4.11. The van der Waals surface area contributed by atoms with Crippen LogP contribution in [0.5, 0.6) is 23.0 Å². The molecule has 0 aromatic heterocycles. The lowest BCUT2D eigenvalue weighted by Crippen LogP contribution is -2.06. The molecule has 0 saturated heterocycles. The van der Waals surface area contributed by atoms with Crippen LogP contribution in [0.4, 0.5) is 0 Å². The molecule has 26 heavy (non-hydrogen) atoms. The average Bonchev–Trinajstić information content (AvgIpc) is 2.70. The molecule has 0 spiro atoms. The molecular weight excluding hydrogens is 328 g/mol. The van der Waals surface area contributed by atoms with Crippen LogP contribution >= 0.6 is 0 Å². The molecule has 1 aliphatic carbocycles. The van der Waals surface area contributed by atoms with E-state index in [-0.39, 0.29) is 0 Å². The van der Waals surface area contributed by atoms with Crippen LogP contribution in [0, 0.1) is 0 Å². The highest BCUT2D eigenvalue weighted by atomic mass is 16.5. The number of fused-ring (bicyclic) bond motifs is 4. The summed E-state index contributed by atoms with van der Waals surface area (Å²) in [7, 11) is 6.70. The van der Waals surface area contributed by atoms with E-state index in [4.69, 9.17) is 18.9 Å². The second kappa shape index (κ2) is 6.45. The molecule has 0 N–H and O–H groups in total. The van der Waals surface area contributed by atoms with Gasteiger partial charge in [-0.15, -0.1) is 0 Å². The minimum absolute atomic E-state index is 0.752. The number of methoxy groups -OCH3 is 4. The highest BCUT2D eigenvalue weighted by Crippen LogP contribution is 2.44. The third-order valence-corrected chi connectivity index (χ3v) is 5.15. The van der Waals surface area contributed by atoms with Crippen molar-refractivity contribution in [1.82, 2.24) is 0 Å². The predicted octanol–water partition coefficient (Wildman–Crippen LogP) is 4.64. The van der Waals surface area contributed by atoms with E-state index in [1.165, 1.54) is 22.3 Å². The lowest BCUT2D eigenvalue weighted by Gasteiger charge is -2.23. The Balaban J connectivity index is 1.96. The Hall–Kier alpha value is -2.88. The molecule has 3 aromatic rings. The van der Waals surface area contributed by atoms with Gasteiger partial charge in [0, 0.05) is 5.39 Å². The first-order valence-corrected chi connectivity index (χ1v) is 8.63. The fourth-order valence-corrected chi connectivity index (χ4v) is 3.85. The molecule has 4 heteroatoms. The van der Waals surface area contributed by atoms with Gasteiger partial charge >= 0.3 is 0 Å². The van der Waals surface area contributed by atoms with E-state index in [1.807, 2.05) is 6.07 Å². The van der Waals surface area contributed by atoms with Crippen LogP contribution < -0.4 is 18.9 Å². The van der Waals surface area contributed by atoms with Crippen molar-refractivity contribution in [3.05, 3.63) is 47.5 Å². The van der Waals surface area contributed by atoms with Gasteiger partial charge in [-0.05, 0) is 70.8 Å². The maximum Gasteiger partial charge on any atom is 0.168 e. The van der Waals surface area contributed by atoms with Gasteiger partial charge in [0.2, 0.25) is 0 Å². The average molecular weight is 350 g/mol. The zero-order chi connectivity index (χ0) is 18.3. The van der Waals surface area contributed by atoms with Gasteiger partial charge in [-0.1, -0.05) is 6.07 Å². The van der Waals surface area contributed by atoms with Gasteiger partial charge in [0.15, 0.2) is 23.0 Å². The Bertz CT molecular complexity index is 991. The van der Waals surface area contributed by atoms with E-state index >= 15 is 0 Å². The van der Waals surface area contributed by atoms with Gasteiger partial charge < -0.3 is 18.9 Å². The summed E-state index contributed by atoms with van der Waals surface area (Å²) in [5.74, 6) is 3.07. The second-order valence-corrected chi connectivity index (χ2v) is 6.40. The molecule has 4 rings (SSSR count). The van der Waals surface area contributed by atoms with Crippen LogP contribution in [0.2, 0.25) is 0 Å². The summed E-state index contributed by atoms with van der Waals surface area (Å²) >= 11 is 0. The van der Waals surface area contributed by atoms with Crippen LogP contribution in [-0.4, -0.2) is 28.4 Å². The Labute approximate surface area is 153 Å². The molecule has 0 radical (unpaired) electrons. The largest absolute Gasteiger partial charge is 0.493 e. The smallest absolute Gasteiger partial charge is 0.168 e. The van der Waals surface area contributed by atoms with Crippen LogP contribution in [0.15, 0.2) is 36.4 Å². The summed E-state index contributed by atoms with van der Waals surface area (Å²) < 4.78 is 22.0. The van der Waals surface area contributed by atoms with E-state index < -0.39 is 0 Å². The number of ether oxygens (including phenoxy) is 4.